The summed E-state index contributed by atoms with van der Waals surface area (Å²) in [5.74, 6) is 2.61. The van der Waals surface area contributed by atoms with Crippen molar-refractivity contribution in [3.8, 4) is 6.07 Å². The van der Waals surface area contributed by atoms with Gasteiger partial charge in [-0.05, 0) is 75.8 Å². The first kappa shape index (κ1) is 19.5. The quantitative estimate of drug-likeness (QED) is 0.715. The van der Waals surface area contributed by atoms with Crippen molar-refractivity contribution in [3.05, 3.63) is 35.4 Å². The second-order valence-corrected chi connectivity index (χ2v) is 9.75. The third-order valence-electron chi connectivity index (χ3n) is 7.31. The van der Waals surface area contributed by atoms with Crippen LogP contribution < -0.4 is 0 Å². The minimum atomic E-state index is 0.0351. The lowest BCUT2D eigenvalue weighted by atomic mass is 9.52. The highest BCUT2D eigenvalue weighted by Gasteiger charge is 2.54. The van der Waals surface area contributed by atoms with E-state index in [0.29, 0.717) is 19.5 Å². The van der Waals surface area contributed by atoms with E-state index in [9.17, 15) is 10.1 Å². The molecule has 0 aliphatic heterocycles. The number of hydrogen-bond acceptors (Lipinski definition) is 3. The van der Waals surface area contributed by atoms with Crippen molar-refractivity contribution in [2.45, 2.75) is 64.0 Å². The summed E-state index contributed by atoms with van der Waals surface area (Å²) in [6.07, 6.45) is 8.04. The molecule has 150 valence electrons. The van der Waals surface area contributed by atoms with Crippen LogP contribution in [0, 0.1) is 36.0 Å². The number of carbonyl (C=O) groups excluding carboxylic acids is 1. The SMILES string of the molecule is Cc1ccc(CN(C)CC(=O)N(CCC#N)C23CC4CC(CC(C4)C2)C3)cc1. The minimum Gasteiger partial charge on any atom is -0.335 e. The Balaban J connectivity index is 1.45. The van der Waals surface area contributed by atoms with E-state index in [1.807, 2.05) is 7.05 Å². The van der Waals surface area contributed by atoms with Crippen molar-refractivity contribution in [1.29, 1.82) is 5.26 Å². The molecule has 4 heteroatoms. The van der Waals surface area contributed by atoms with Gasteiger partial charge in [-0.15, -0.1) is 0 Å². The zero-order valence-corrected chi connectivity index (χ0v) is 17.4. The van der Waals surface area contributed by atoms with E-state index in [1.54, 1.807) is 0 Å². The highest BCUT2D eigenvalue weighted by atomic mass is 16.2. The number of nitriles is 1. The summed E-state index contributed by atoms with van der Waals surface area (Å²) in [6, 6.07) is 10.8. The van der Waals surface area contributed by atoms with Gasteiger partial charge in [0.2, 0.25) is 5.91 Å². The van der Waals surface area contributed by atoms with Gasteiger partial charge in [0.1, 0.15) is 0 Å². The van der Waals surface area contributed by atoms with Crippen LogP contribution in [0.25, 0.3) is 0 Å². The van der Waals surface area contributed by atoms with Crippen molar-refractivity contribution in [3.63, 3.8) is 0 Å². The van der Waals surface area contributed by atoms with Crippen LogP contribution in [0.15, 0.2) is 24.3 Å². The summed E-state index contributed by atoms with van der Waals surface area (Å²) in [5.41, 5.74) is 2.53. The van der Waals surface area contributed by atoms with Crippen molar-refractivity contribution >= 4 is 5.91 Å². The fraction of sp³-hybridized carbons (Fsp3) is 0.667. The number of hydrogen-bond donors (Lipinski definition) is 0. The maximum absolute atomic E-state index is 13.4. The highest BCUT2D eigenvalue weighted by molar-refractivity contribution is 5.79. The number of rotatable bonds is 7. The fourth-order valence-corrected chi connectivity index (χ4v) is 6.56. The van der Waals surface area contributed by atoms with E-state index in [-0.39, 0.29) is 11.4 Å². The van der Waals surface area contributed by atoms with Crippen LogP contribution in [-0.4, -0.2) is 41.4 Å². The van der Waals surface area contributed by atoms with Crippen molar-refractivity contribution < 1.29 is 4.79 Å². The molecule has 0 atom stereocenters. The predicted molar refractivity (Wildman–Crippen MR) is 110 cm³/mol. The van der Waals surface area contributed by atoms with E-state index < -0.39 is 0 Å². The predicted octanol–water partition coefficient (Wildman–Crippen LogP) is 4.14. The lowest BCUT2D eigenvalue weighted by molar-refractivity contribution is -0.151. The molecule has 4 aliphatic rings. The first-order valence-corrected chi connectivity index (χ1v) is 10.9. The second kappa shape index (κ2) is 7.87. The van der Waals surface area contributed by atoms with Gasteiger partial charge in [0.25, 0.3) is 0 Å². The fourth-order valence-electron chi connectivity index (χ4n) is 6.56. The molecule has 5 rings (SSSR count). The van der Waals surface area contributed by atoms with Crippen LogP contribution in [0.5, 0.6) is 0 Å². The standard InChI is InChI=1S/C24H33N3O/c1-18-4-6-19(7-5-18)16-26(2)17-23(28)27(9-3-8-25)24-13-20-10-21(14-24)12-22(11-20)15-24/h4-7,20-22H,3,9-17H2,1-2H3. The molecule has 1 amide bonds. The van der Waals surface area contributed by atoms with Gasteiger partial charge < -0.3 is 4.90 Å². The maximum atomic E-state index is 13.4. The summed E-state index contributed by atoms with van der Waals surface area (Å²) in [7, 11) is 2.03. The highest BCUT2D eigenvalue weighted by Crippen LogP contribution is 2.57. The number of nitrogens with zero attached hydrogens (tertiary/aromatic N) is 3. The van der Waals surface area contributed by atoms with E-state index in [0.717, 1.165) is 24.3 Å². The third-order valence-corrected chi connectivity index (χ3v) is 7.31. The molecule has 4 saturated carbocycles. The maximum Gasteiger partial charge on any atom is 0.237 e. The summed E-state index contributed by atoms with van der Waals surface area (Å²) < 4.78 is 0. The molecule has 4 bridgehead atoms. The van der Waals surface area contributed by atoms with Crippen molar-refractivity contribution in [2.75, 3.05) is 20.1 Å². The molecule has 0 heterocycles. The Bertz CT molecular complexity index is 713. The molecule has 28 heavy (non-hydrogen) atoms. The van der Waals surface area contributed by atoms with Crippen LogP contribution in [0.4, 0.5) is 0 Å². The Hall–Kier alpha value is -1.86. The van der Waals surface area contributed by atoms with Crippen LogP contribution in [0.2, 0.25) is 0 Å². The Kier molecular flexibility index (Phi) is 5.47. The van der Waals surface area contributed by atoms with E-state index >= 15 is 0 Å². The van der Waals surface area contributed by atoms with Gasteiger partial charge in [-0.1, -0.05) is 29.8 Å². The average molecular weight is 380 g/mol. The first-order chi connectivity index (χ1) is 13.5. The Morgan fingerprint density at radius 2 is 1.68 bits per heavy atom. The van der Waals surface area contributed by atoms with Gasteiger partial charge in [0, 0.05) is 18.6 Å². The van der Waals surface area contributed by atoms with Crippen LogP contribution in [-0.2, 0) is 11.3 Å². The van der Waals surface area contributed by atoms with Crippen molar-refractivity contribution in [1.82, 2.24) is 9.80 Å². The molecule has 4 aliphatic carbocycles. The summed E-state index contributed by atoms with van der Waals surface area (Å²) >= 11 is 0. The molecule has 1 aromatic carbocycles. The normalized spacial score (nSPS) is 30.4. The average Bonchev–Trinajstić information content (AvgIpc) is 2.62. The van der Waals surface area contributed by atoms with Gasteiger partial charge in [-0.3, -0.25) is 9.69 Å². The zero-order chi connectivity index (χ0) is 19.7. The van der Waals surface area contributed by atoms with Gasteiger partial charge in [-0.25, -0.2) is 0 Å². The Labute approximate surface area is 169 Å². The zero-order valence-electron chi connectivity index (χ0n) is 17.4. The molecular formula is C24H33N3O. The molecule has 0 saturated heterocycles. The molecule has 0 spiro atoms. The smallest absolute Gasteiger partial charge is 0.237 e. The largest absolute Gasteiger partial charge is 0.335 e. The van der Waals surface area contributed by atoms with Crippen LogP contribution in [0.1, 0.15) is 56.1 Å². The van der Waals surface area contributed by atoms with Gasteiger partial charge >= 0.3 is 0 Å². The molecule has 4 fully saturated rings. The number of benzene rings is 1. The molecule has 4 nitrogen and oxygen atoms in total. The lowest BCUT2D eigenvalue weighted by Gasteiger charge is -2.60. The molecule has 0 N–H and O–H groups in total. The van der Waals surface area contributed by atoms with Crippen molar-refractivity contribution in [2.24, 2.45) is 17.8 Å². The number of likely N-dealkylation sites (N-methyl/N-ethyl adjacent to an activating group) is 1. The van der Waals surface area contributed by atoms with Crippen LogP contribution >= 0.6 is 0 Å². The number of aryl methyl sites for hydroxylation is 1. The number of carbonyl (C=O) groups is 1. The topological polar surface area (TPSA) is 47.3 Å². The van der Waals surface area contributed by atoms with E-state index in [1.165, 1.54) is 49.7 Å². The second-order valence-electron chi connectivity index (χ2n) is 9.75. The minimum absolute atomic E-state index is 0.0351. The Morgan fingerprint density at radius 1 is 1.11 bits per heavy atom. The molecule has 0 aromatic heterocycles. The summed E-state index contributed by atoms with van der Waals surface area (Å²) in [4.78, 5) is 17.7. The van der Waals surface area contributed by atoms with E-state index in [4.69, 9.17) is 0 Å². The van der Waals surface area contributed by atoms with Gasteiger partial charge in [0.05, 0.1) is 19.0 Å². The molecule has 0 unspecified atom stereocenters. The summed E-state index contributed by atoms with van der Waals surface area (Å²) in [6.45, 7) is 3.90. The third kappa shape index (κ3) is 3.96. The molecular weight excluding hydrogens is 346 g/mol. The van der Waals surface area contributed by atoms with Gasteiger partial charge in [-0.2, -0.15) is 5.26 Å². The lowest BCUT2D eigenvalue weighted by Crippen LogP contribution is -2.62. The summed E-state index contributed by atoms with van der Waals surface area (Å²) in [5, 5.41) is 9.18. The Morgan fingerprint density at radius 3 is 2.21 bits per heavy atom. The first-order valence-electron chi connectivity index (χ1n) is 10.9. The van der Waals surface area contributed by atoms with Crippen LogP contribution in [0.3, 0.4) is 0 Å². The number of amides is 1. The van der Waals surface area contributed by atoms with Gasteiger partial charge in [0.15, 0.2) is 0 Å². The van der Waals surface area contributed by atoms with E-state index in [2.05, 4.69) is 47.1 Å². The monoisotopic (exact) mass is 379 g/mol. The molecule has 0 radical (unpaired) electrons. The molecule has 1 aromatic rings.